The first-order valence-electron chi connectivity index (χ1n) is 8.03. The first kappa shape index (κ1) is 17.7. The van der Waals surface area contributed by atoms with Crippen molar-refractivity contribution in [2.45, 2.75) is 6.18 Å². The van der Waals surface area contributed by atoms with Crippen LogP contribution < -0.4 is 5.32 Å². The molecular weight excluding hydrogens is 375 g/mol. The molecule has 3 heterocycles. The predicted octanol–water partition coefficient (Wildman–Crippen LogP) is 3.89. The zero-order valence-corrected chi connectivity index (χ0v) is 14.4. The Hall–Kier alpha value is -3.69. The van der Waals surface area contributed by atoms with E-state index in [9.17, 15) is 18.0 Å². The summed E-state index contributed by atoms with van der Waals surface area (Å²) in [7, 11) is 1.32. The third-order valence-corrected chi connectivity index (χ3v) is 4.12. The number of hydrogen-bond donors (Lipinski definition) is 1. The molecule has 0 spiro atoms. The van der Waals surface area contributed by atoms with Crippen LogP contribution in [0, 0.1) is 0 Å². The molecule has 3 aromatic heterocycles. The highest BCUT2D eigenvalue weighted by atomic mass is 19.4. The van der Waals surface area contributed by atoms with Gasteiger partial charge in [-0.05, 0) is 18.2 Å². The lowest BCUT2D eigenvalue weighted by atomic mass is 10.1. The number of amides is 1. The second-order valence-electron chi connectivity index (χ2n) is 6.03. The number of hydrogen-bond acceptors (Lipinski definition) is 5. The third kappa shape index (κ3) is 3.31. The summed E-state index contributed by atoms with van der Waals surface area (Å²) in [6.45, 7) is 0. The second-order valence-corrected chi connectivity index (χ2v) is 6.03. The van der Waals surface area contributed by atoms with Gasteiger partial charge in [-0.25, -0.2) is 0 Å². The smallest absolute Gasteiger partial charge is 0.364 e. The molecule has 4 aromatic rings. The van der Waals surface area contributed by atoms with Gasteiger partial charge in [0.25, 0.3) is 5.91 Å². The number of benzene rings is 1. The Morgan fingerprint density at radius 2 is 1.96 bits per heavy atom. The van der Waals surface area contributed by atoms with Gasteiger partial charge in [-0.1, -0.05) is 11.2 Å². The van der Waals surface area contributed by atoms with Gasteiger partial charge in [0.1, 0.15) is 12.1 Å². The van der Waals surface area contributed by atoms with E-state index in [0.29, 0.717) is 5.52 Å². The maximum atomic E-state index is 12.7. The number of aryl methyl sites for hydroxylation is 1. The fourth-order valence-corrected chi connectivity index (χ4v) is 2.68. The fourth-order valence-electron chi connectivity index (χ4n) is 2.68. The molecule has 10 heteroatoms. The average molecular weight is 387 g/mol. The average Bonchev–Trinajstić information content (AvgIpc) is 3.31. The minimum absolute atomic E-state index is 0.0619. The number of pyridine rings is 1. The van der Waals surface area contributed by atoms with Crippen LogP contribution in [0.5, 0.6) is 0 Å². The van der Waals surface area contributed by atoms with E-state index in [4.69, 9.17) is 4.52 Å². The number of alkyl halides is 3. The van der Waals surface area contributed by atoms with E-state index in [1.54, 1.807) is 30.6 Å². The van der Waals surface area contributed by atoms with E-state index in [2.05, 4.69) is 20.6 Å². The lowest BCUT2D eigenvalue weighted by Gasteiger charge is -2.06. The van der Waals surface area contributed by atoms with Crippen molar-refractivity contribution in [1.82, 2.24) is 19.9 Å². The van der Waals surface area contributed by atoms with Crippen molar-refractivity contribution in [3.63, 3.8) is 0 Å². The molecule has 0 aliphatic rings. The molecule has 0 saturated carbocycles. The molecule has 0 bridgehead atoms. The normalized spacial score (nSPS) is 11.7. The molecule has 28 heavy (non-hydrogen) atoms. The van der Waals surface area contributed by atoms with Crippen molar-refractivity contribution in [3.8, 4) is 11.1 Å². The molecule has 0 aliphatic heterocycles. The number of nitrogens with zero attached hydrogens (tertiary/aromatic N) is 4. The van der Waals surface area contributed by atoms with Crippen LogP contribution in [0.4, 0.5) is 19.0 Å². The molecule has 0 radical (unpaired) electrons. The van der Waals surface area contributed by atoms with Crippen LogP contribution in [-0.2, 0) is 13.2 Å². The monoisotopic (exact) mass is 387 g/mol. The number of carbonyl (C=O) groups excluding carboxylic acids is 1. The zero-order valence-electron chi connectivity index (χ0n) is 14.4. The molecular formula is C18H12F3N5O2. The van der Waals surface area contributed by atoms with Crippen LogP contribution in [0.2, 0.25) is 0 Å². The summed E-state index contributed by atoms with van der Waals surface area (Å²) in [5.74, 6) is -0.628. The topological polar surface area (TPSA) is 85.8 Å². The van der Waals surface area contributed by atoms with Gasteiger partial charge in [0, 0.05) is 41.4 Å². The van der Waals surface area contributed by atoms with Crippen molar-refractivity contribution >= 4 is 22.6 Å². The largest absolute Gasteiger partial charge is 0.435 e. The second kappa shape index (κ2) is 6.48. The highest BCUT2D eigenvalue weighted by molar-refractivity contribution is 6.05. The zero-order chi connectivity index (χ0) is 19.9. The van der Waals surface area contributed by atoms with Gasteiger partial charge in [-0.15, -0.1) is 0 Å². The minimum atomic E-state index is -4.59. The molecule has 1 N–H and O–H groups in total. The van der Waals surface area contributed by atoms with Crippen LogP contribution in [0.3, 0.4) is 0 Å². The maximum absolute atomic E-state index is 12.7. The van der Waals surface area contributed by atoms with E-state index < -0.39 is 17.8 Å². The summed E-state index contributed by atoms with van der Waals surface area (Å²) in [4.78, 5) is 16.8. The van der Waals surface area contributed by atoms with E-state index in [0.717, 1.165) is 27.3 Å². The van der Waals surface area contributed by atoms with Crippen molar-refractivity contribution in [2.24, 2.45) is 7.05 Å². The summed E-state index contributed by atoms with van der Waals surface area (Å²) >= 11 is 0. The molecule has 0 atom stereocenters. The standard InChI is InChI=1S/C18H12F3N5O2/c1-26-16(6-15(25-26)18(19,20)21)24-17(27)11-3-2-10-4-12(7-22-14(10)5-11)13-8-23-28-9-13/h2-9H,1H3,(H,24,27). The number of nitrogens with one attached hydrogen (secondary N) is 1. The Kier molecular flexibility index (Phi) is 4.10. The van der Waals surface area contributed by atoms with Crippen LogP contribution in [0.1, 0.15) is 16.1 Å². The van der Waals surface area contributed by atoms with Crippen molar-refractivity contribution in [2.75, 3.05) is 5.32 Å². The third-order valence-electron chi connectivity index (χ3n) is 4.12. The van der Waals surface area contributed by atoms with E-state index in [1.165, 1.54) is 13.3 Å². The van der Waals surface area contributed by atoms with Crippen molar-refractivity contribution in [1.29, 1.82) is 0 Å². The van der Waals surface area contributed by atoms with Gasteiger partial charge in [0.05, 0.1) is 11.7 Å². The maximum Gasteiger partial charge on any atom is 0.435 e. The van der Waals surface area contributed by atoms with Gasteiger partial charge in [-0.3, -0.25) is 14.5 Å². The summed E-state index contributed by atoms with van der Waals surface area (Å²) in [6, 6.07) is 7.48. The number of aromatic nitrogens is 4. The summed E-state index contributed by atoms with van der Waals surface area (Å²) < 4.78 is 44.0. The van der Waals surface area contributed by atoms with Gasteiger partial charge in [-0.2, -0.15) is 18.3 Å². The van der Waals surface area contributed by atoms with Crippen LogP contribution in [0.15, 0.2) is 53.5 Å². The van der Waals surface area contributed by atoms with Crippen LogP contribution in [-0.4, -0.2) is 25.8 Å². The van der Waals surface area contributed by atoms with Gasteiger partial charge in [0.15, 0.2) is 5.69 Å². The SMILES string of the molecule is Cn1nc(C(F)(F)F)cc1NC(=O)c1ccc2cc(-c3cnoc3)cnc2c1. The van der Waals surface area contributed by atoms with Crippen molar-refractivity contribution in [3.05, 3.63) is 60.2 Å². The Labute approximate surface area is 155 Å². The quantitative estimate of drug-likeness (QED) is 0.576. The predicted molar refractivity (Wildman–Crippen MR) is 93.4 cm³/mol. The molecule has 1 amide bonds. The lowest BCUT2D eigenvalue weighted by Crippen LogP contribution is -2.14. The Balaban J connectivity index is 1.60. The van der Waals surface area contributed by atoms with Crippen LogP contribution >= 0.6 is 0 Å². The Morgan fingerprint density at radius 1 is 1.14 bits per heavy atom. The Morgan fingerprint density at radius 3 is 2.64 bits per heavy atom. The Bertz CT molecular complexity index is 1170. The van der Waals surface area contributed by atoms with E-state index >= 15 is 0 Å². The summed E-state index contributed by atoms with van der Waals surface area (Å²) in [6.07, 6.45) is 0.0879. The fraction of sp³-hybridized carbons (Fsp3) is 0.111. The summed E-state index contributed by atoms with van der Waals surface area (Å²) in [5.41, 5.74) is 1.32. The number of fused-ring (bicyclic) bond motifs is 1. The van der Waals surface area contributed by atoms with E-state index in [1.807, 2.05) is 6.07 Å². The highest BCUT2D eigenvalue weighted by Gasteiger charge is 2.34. The van der Waals surface area contributed by atoms with Crippen LogP contribution in [0.25, 0.3) is 22.0 Å². The summed E-state index contributed by atoms with van der Waals surface area (Å²) in [5, 5.41) is 10.2. The van der Waals surface area contributed by atoms with Crippen molar-refractivity contribution < 1.29 is 22.5 Å². The van der Waals surface area contributed by atoms with Gasteiger partial charge >= 0.3 is 6.18 Å². The molecule has 0 fully saturated rings. The molecule has 7 nitrogen and oxygen atoms in total. The van der Waals surface area contributed by atoms with Gasteiger partial charge < -0.3 is 9.84 Å². The number of halogens is 3. The lowest BCUT2D eigenvalue weighted by molar-refractivity contribution is -0.141. The molecule has 142 valence electrons. The molecule has 1 aromatic carbocycles. The van der Waals surface area contributed by atoms with Gasteiger partial charge in [0.2, 0.25) is 0 Å². The first-order valence-corrected chi connectivity index (χ1v) is 8.03. The van der Waals surface area contributed by atoms with E-state index in [-0.39, 0.29) is 11.4 Å². The number of rotatable bonds is 3. The minimum Gasteiger partial charge on any atom is -0.364 e. The first-order chi connectivity index (χ1) is 13.3. The number of anilines is 1. The highest BCUT2D eigenvalue weighted by Crippen LogP contribution is 2.30. The molecule has 0 saturated heterocycles. The molecule has 0 aliphatic carbocycles. The number of carbonyl (C=O) groups is 1. The molecule has 0 unspecified atom stereocenters. The molecule has 4 rings (SSSR count).